The van der Waals surface area contributed by atoms with Gasteiger partial charge < -0.3 is 15.3 Å². The van der Waals surface area contributed by atoms with Crippen LogP contribution in [0.4, 0.5) is 0 Å². The second kappa shape index (κ2) is 9.00. The maximum Gasteiger partial charge on any atom is 0.0757 e. The van der Waals surface area contributed by atoms with Gasteiger partial charge in [-0.2, -0.15) is 0 Å². The molecule has 0 aromatic rings. The van der Waals surface area contributed by atoms with Gasteiger partial charge in [0.25, 0.3) is 0 Å². The molecular weight excluding hydrogens is 396 g/mol. The molecule has 11 atom stereocenters. The third-order valence-electron chi connectivity index (χ3n) is 11.4. The lowest BCUT2D eigenvalue weighted by Crippen LogP contribution is -2.55. The molecule has 32 heavy (non-hydrogen) atoms. The van der Waals surface area contributed by atoms with Crippen LogP contribution in [0.1, 0.15) is 99.3 Å². The Hall–Kier alpha value is -0.380. The number of fused-ring (bicyclic) bond motifs is 5. The predicted molar refractivity (Wildman–Crippen MR) is 131 cm³/mol. The van der Waals surface area contributed by atoms with E-state index in [0.717, 1.165) is 32.1 Å². The predicted octanol–water partition coefficient (Wildman–Crippen LogP) is 5.97. The summed E-state index contributed by atoms with van der Waals surface area (Å²) in [5, 5.41) is 32.9. The average molecular weight is 447 g/mol. The van der Waals surface area contributed by atoms with Gasteiger partial charge in [0.1, 0.15) is 0 Å². The lowest BCUT2D eigenvalue weighted by molar-refractivity contribution is -0.103. The highest BCUT2D eigenvalue weighted by Gasteiger charge is 2.61. The van der Waals surface area contributed by atoms with Gasteiger partial charge in [-0.1, -0.05) is 59.6 Å². The molecule has 0 saturated heterocycles. The van der Waals surface area contributed by atoms with Crippen LogP contribution in [-0.2, 0) is 0 Å². The van der Waals surface area contributed by atoms with Crippen molar-refractivity contribution in [3.63, 3.8) is 0 Å². The lowest BCUT2D eigenvalue weighted by atomic mass is 9.46. The van der Waals surface area contributed by atoms with Crippen LogP contribution in [0.5, 0.6) is 0 Å². The van der Waals surface area contributed by atoms with Crippen LogP contribution in [0.15, 0.2) is 11.6 Å². The molecule has 0 amide bonds. The molecule has 5 unspecified atom stereocenters. The largest absolute Gasteiger partial charge is 0.393 e. The minimum atomic E-state index is -0.373. The Labute approximate surface area is 197 Å². The van der Waals surface area contributed by atoms with E-state index in [0.29, 0.717) is 41.4 Å². The lowest BCUT2D eigenvalue weighted by Gasteiger charge is -2.59. The summed E-state index contributed by atoms with van der Waals surface area (Å²) in [6.07, 6.45) is 10.9. The Kier molecular flexibility index (Phi) is 6.96. The number of hydrogen-bond acceptors (Lipinski definition) is 3. The Morgan fingerprint density at radius 2 is 1.72 bits per heavy atom. The highest BCUT2D eigenvalue weighted by molar-refractivity contribution is 5.28. The fourth-order valence-corrected chi connectivity index (χ4v) is 9.24. The quantitative estimate of drug-likeness (QED) is 0.441. The van der Waals surface area contributed by atoms with Gasteiger partial charge in [-0.05, 0) is 104 Å². The summed E-state index contributed by atoms with van der Waals surface area (Å²) in [6.45, 7) is 14.1. The van der Waals surface area contributed by atoms with Crippen LogP contribution in [0.25, 0.3) is 0 Å². The van der Waals surface area contributed by atoms with Crippen molar-refractivity contribution in [1.82, 2.24) is 0 Å². The maximum absolute atomic E-state index is 11.3. The van der Waals surface area contributed by atoms with Crippen LogP contribution in [-0.4, -0.2) is 33.6 Å². The van der Waals surface area contributed by atoms with Crippen LogP contribution < -0.4 is 0 Å². The summed E-state index contributed by atoms with van der Waals surface area (Å²) >= 11 is 0. The van der Waals surface area contributed by atoms with Gasteiger partial charge in [0, 0.05) is 0 Å². The first kappa shape index (κ1) is 24.7. The zero-order valence-electron chi connectivity index (χ0n) is 21.6. The Balaban J connectivity index is 1.55. The van der Waals surface area contributed by atoms with Crippen molar-refractivity contribution in [3.05, 3.63) is 11.6 Å². The van der Waals surface area contributed by atoms with Crippen molar-refractivity contribution < 1.29 is 15.3 Å². The van der Waals surface area contributed by atoms with Gasteiger partial charge in [-0.3, -0.25) is 0 Å². The van der Waals surface area contributed by atoms with E-state index in [1.165, 1.54) is 31.3 Å². The van der Waals surface area contributed by atoms with E-state index in [2.05, 4.69) is 47.6 Å². The minimum Gasteiger partial charge on any atom is -0.393 e. The molecule has 0 spiro atoms. The second-order valence-electron chi connectivity index (χ2n) is 13.1. The van der Waals surface area contributed by atoms with E-state index in [4.69, 9.17) is 0 Å². The van der Waals surface area contributed by atoms with Crippen LogP contribution >= 0.6 is 0 Å². The molecule has 3 heteroatoms. The molecule has 3 saturated carbocycles. The van der Waals surface area contributed by atoms with Crippen molar-refractivity contribution in [1.29, 1.82) is 0 Å². The summed E-state index contributed by atoms with van der Waals surface area (Å²) in [7, 11) is 0. The number of aliphatic hydroxyl groups is 3. The molecule has 0 heterocycles. The van der Waals surface area contributed by atoms with E-state index in [1.807, 2.05) is 0 Å². The highest BCUT2D eigenvalue weighted by Crippen LogP contribution is 2.67. The van der Waals surface area contributed by atoms with Gasteiger partial charge >= 0.3 is 0 Å². The van der Waals surface area contributed by atoms with Crippen molar-refractivity contribution in [2.75, 3.05) is 0 Å². The van der Waals surface area contributed by atoms with Gasteiger partial charge in [0.2, 0.25) is 0 Å². The van der Waals surface area contributed by atoms with E-state index >= 15 is 0 Å². The van der Waals surface area contributed by atoms with Gasteiger partial charge in [-0.25, -0.2) is 0 Å². The van der Waals surface area contributed by atoms with Crippen molar-refractivity contribution >= 4 is 0 Å². The standard InChI is InChI=1S/C29H50O3/c1-7-19(17(2)3)14-25(31)18(4)22-8-9-23-27-24(11-13-29(22,23)6)28(5)12-10-21(30)15-20(28)16-26(27)32/h16-19,21-27,30-32H,7-15H2,1-6H3/t18-,19?,21-,22?,23?,24?,25-,26+,27?,28-,29+/m0/s1. The molecule has 0 aliphatic heterocycles. The molecule has 0 radical (unpaired) electrons. The molecule has 4 aliphatic carbocycles. The van der Waals surface area contributed by atoms with E-state index in [-0.39, 0.29) is 29.1 Å². The van der Waals surface area contributed by atoms with Crippen molar-refractivity contribution in [3.8, 4) is 0 Å². The van der Waals surface area contributed by atoms with Crippen LogP contribution in [0.2, 0.25) is 0 Å². The fraction of sp³-hybridized carbons (Fsp3) is 0.931. The monoisotopic (exact) mass is 446 g/mol. The zero-order valence-corrected chi connectivity index (χ0v) is 21.6. The summed E-state index contributed by atoms with van der Waals surface area (Å²) in [5.41, 5.74) is 1.70. The Morgan fingerprint density at radius 1 is 1.00 bits per heavy atom. The first-order chi connectivity index (χ1) is 15.0. The van der Waals surface area contributed by atoms with Gasteiger partial charge in [0.05, 0.1) is 18.3 Å². The fourth-order valence-electron chi connectivity index (χ4n) is 9.24. The van der Waals surface area contributed by atoms with E-state index in [9.17, 15) is 15.3 Å². The molecule has 0 aromatic carbocycles. The molecule has 3 nitrogen and oxygen atoms in total. The third kappa shape index (κ3) is 3.93. The first-order valence-electron chi connectivity index (χ1n) is 13.8. The molecule has 4 aliphatic rings. The topological polar surface area (TPSA) is 60.7 Å². The average Bonchev–Trinajstić information content (AvgIpc) is 3.09. The summed E-state index contributed by atoms with van der Waals surface area (Å²) in [6, 6.07) is 0. The van der Waals surface area contributed by atoms with Gasteiger partial charge in [-0.15, -0.1) is 0 Å². The maximum atomic E-state index is 11.3. The first-order valence-corrected chi connectivity index (χ1v) is 13.8. The Bertz CT molecular complexity index is 701. The number of aliphatic hydroxyl groups excluding tert-OH is 3. The third-order valence-corrected chi connectivity index (χ3v) is 11.4. The minimum absolute atomic E-state index is 0.152. The normalized spacial score (nSPS) is 46.6. The summed E-state index contributed by atoms with van der Waals surface area (Å²) < 4.78 is 0. The molecular formula is C29H50O3. The molecule has 4 rings (SSSR count). The molecule has 0 bridgehead atoms. The van der Waals surface area contributed by atoms with E-state index < -0.39 is 0 Å². The zero-order chi connectivity index (χ0) is 23.4. The highest BCUT2D eigenvalue weighted by atomic mass is 16.3. The van der Waals surface area contributed by atoms with E-state index in [1.54, 1.807) is 0 Å². The van der Waals surface area contributed by atoms with Gasteiger partial charge in [0.15, 0.2) is 0 Å². The van der Waals surface area contributed by atoms with Crippen molar-refractivity contribution in [2.24, 2.45) is 52.3 Å². The van der Waals surface area contributed by atoms with Crippen LogP contribution in [0.3, 0.4) is 0 Å². The summed E-state index contributed by atoms with van der Waals surface area (Å²) in [5.74, 6) is 3.51. The van der Waals surface area contributed by atoms with Crippen LogP contribution in [0, 0.1) is 52.3 Å². The number of hydrogen-bond donors (Lipinski definition) is 3. The second-order valence-corrected chi connectivity index (χ2v) is 13.1. The molecule has 3 N–H and O–H groups in total. The molecule has 0 aromatic heterocycles. The smallest absolute Gasteiger partial charge is 0.0757 e. The van der Waals surface area contributed by atoms with Crippen molar-refractivity contribution in [2.45, 2.75) is 118 Å². The molecule has 3 fully saturated rings. The molecule has 184 valence electrons. The summed E-state index contributed by atoms with van der Waals surface area (Å²) in [4.78, 5) is 0. The SMILES string of the molecule is CCC(C[C@H](O)[C@@H](C)C1CCC2C3C(CC[C@@]21C)[C@@]1(C)CC[C@H](O)CC1=C[C@H]3O)C(C)C. The number of rotatable bonds is 6. The Morgan fingerprint density at radius 3 is 2.38 bits per heavy atom.